The highest BCUT2D eigenvalue weighted by Crippen LogP contribution is 2.33. The van der Waals surface area contributed by atoms with Crippen LogP contribution >= 0.6 is 34.8 Å². The number of hydrogen-bond donors (Lipinski definition) is 0. The highest BCUT2D eigenvalue weighted by atomic mass is 35.5. The number of hydrogen-bond acceptors (Lipinski definition) is 3. The van der Waals surface area contributed by atoms with Crippen molar-refractivity contribution in [2.45, 2.75) is 18.9 Å². The van der Waals surface area contributed by atoms with Crippen molar-refractivity contribution in [1.29, 1.82) is 0 Å². The molecule has 0 atom stereocenters. The Morgan fingerprint density at radius 1 is 1.00 bits per heavy atom. The van der Waals surface area contributed by atoms with Crippen LogP contribution in [0.5, 0.6) is 0 Å². The van der Waals surface area contributed by atoms with Gasteiger partial charge in [-0.15, -0.1) is 0 Å². The van der Waals surface area contributed by atoms with Crippen LogP contribution in [-0.2, 0) is 0 Å². The second-order valence-electron chi connectivity index (χ2n) is 4.82. The fourth-order valence-corrected chi connectivity index (χ4v) is 3.01. The van der Waals surface area contributed by atoms with Gasteiger partial charge in [0.25, 0.3) is 0 Å². The number of rotatable bonds is 2. The maximum absolute atomic E-state index is 6.19. The third-order valence-corrected chi connectivity index (χ3v) is 4.50. The summed E-state index contributed by atoms with van der Waals surface area (Å²) in [4.78, 5) is 9.02. The van der Waals surface area contributed by atoms with E-state index in [9.17, 15) is 0 Å². The minimum atomic E-state index is 0.320. The van der Waals surface area contributed by atoms with Crippen LogP contribution in [0, 0.1) is 0 Å². The smallest absolute Gasteiger partial charge is 0.150 e. The van der Waals surface area contributed by atoms with Gasteiger partial charge in [-0.05, 0) is 18.9 Å². The zero-order chi connectivity index (χ0) is 12.7. The average molecular weight is 307 g/mol. The highest BCUT2D eigenvalue weighted by molar-refractivity contribution is 6.42. The SMILES string of the molecule is Clc1cc(Cl)c(N2CCN(C3CC3)CC2)nc1Cl. The molecule has 0 radical (unpaired) electrons. The van der Waals surface area contributed by atoms with Crippen LogP contribution in [0.3, 0.4) is 0 Å². The summed E-state index contributed by atoms with van der Waals surface area (Å²) in [5.74, 6) is 0.751. The van der Waals surface area contributed by atoms with Crippen molar-refractivity contribution in [1.82, 2.24) is 9.88 Å². The Morgan fingerprint density at radius 2 is 1.67 bits per heavy atom. The van der Waals surface area contributed by atoms with Crippen LogP contribution in [-0.4, -0.2) is 42.1 Å². The Morgan fingerprint density at radius 3 is 2.28 bits per heavy atom. The zero-order valence-corrected chi connectivity index (χ0v) is 12.1. The minimum Gasteiger partial charge on any atom is -0.353 e. The lowest BCUT2D eigenvalue weighted by Crippen LogP contribution is -2.47. The summed E-state index contributed by atoms with van der Waals surface area (Å²) >= 11 is 18.0. The lowest BCUT2D eigenvalue weighted by molar-refractivity contribution is 0.247. The summed E-state index contributed by atoms with van der Waals surface area (Å²) in [5.41, 5.74) is 0. The molecule has 1 aromatic heterocycles. The number of anilines is 1. The first kappa shape index (κ1) is 12.8. The zero-order valence-electron chi connectivity index (χ0n) is 9.87. The maximum Gasteiger partial charge on any atom is 0.150 e. The van der Waals surface area contributed by atoms with E-state index in [-0.39, 0.29) is 0 Å². The van der Waals surface area contributed by atoms with E-state index in [0.717, 1.165) is 38.0 Å². The van der Waals surface area contributed by atoms with Crippen LogP contribution in [0.1, 0.15) is 12.8 Å². The van der Waals surface area contributed by atoms with Crippen LogP contribution < -0.4 is 4.90 Å². The van der Waals surface area contributed by atoms with E-state index in [4.69, 9.17) is 34.8 Å². The maximum atomic E-state index is 6.19. The molecule has 1 saturated heterocycles. The van der Waals surface area contributed by atoms with E-state index < -0.39 is 0 Å². The second kappa shape index (κ2) is 5.04. The summed E-state index contributed by atoms with van der Waals surface area (Å²) in [6.45, 7) is 4.04. The lowest BCUT2D eigenvalue weighted by atomic mass is 10.3. The van der Waals surface area contributed by atoms with Crippen molar-refractivity contribution in [2.75, 3.05) is 31.1 Å². The normalized spacial score (nSPS) is 21.4. The van der Waals surface area contributed by atoms with E-state index in [0.29, 0.717) is 15.2 Å². The van der Waals surface area contributed by atoms with Crippen molar-refractivity contribution in [3.8, 4) is 0 Å². The van der Waals surface area contributed by atoms with Gasteiger partial charge in [-0.2, -0.15) is 0 Å². The number of nitrogens with zero attached hydrogens (tertiary/aromatic N) is 3. The van der Waals surface area contributed by atoms with Gasteiger partial charge in [0.2, 0.25) is 0 Å². The first-order chi connectivity index (χ1) is 8.65. The first-order valence-electron chi connectivity index (χ1n) is 6.15. The Bertz CT molecular complexity index is 454. The first-order valence-corrected chi connectivity index (χ1v) is 7.29. The Hall–Kier alpha value is -0.220. The molecule has 2 aliphatic rings. The van der Waals surface area contributed by atoms with Gasteiger partial charge in [-0.25, -0.2) is 4.98 Å². The van der Waals surface area contributed by atoms with Gasteiger partial charge < -0.3 is 4.90 Å². The molecule has 1 aliphatic carbocycles. The Balaban J connectivity index is 1.73. The summed E-state index contributed by atoms with van der Waals surface area (Å²) in [6, 6.07) is 2.49. The largest absolute Gasteiger partial charge is 0.353 e. The quantitative estimate of drug-likeness (QED) is 0.781. The summed E-state index contributed by atoms with van der Waals surface area (Å²) in [7, 11) is 0. The van der Waals surface area contributed by atoms with Gasteiger partial charge >= 0.3 is 0 Å². The van der Waals surface area contributed by atoms with Gasteiger partial charge in [-0.1, -0.05) is 34.8 Å². The molecule has 0 amide bonds. The molecule has 6 heteroatoms. The van der Waals surface area contributed by atoms with Gasteiger partial charge in [-0.3, -0.25) is 4.90 Å². The number of halogens is 3. The van der Waals surface area contributed by atoms with Crippen molar-refractivity contribution < 1.29 is 0 Å². The number of pyridine rings is 1. The fourth-order valence-electron chi connectivity index (χ4n) is 2.40. The topological polar surface area (TPSA) is 19.4 Å². The standard InChI is InChI=1S/C12H14Cl3N3/c13-9-7-10(14)12(16-11(9)15)18-5-3-17(4-6-18)8-1-2-8/h7-8H,1-6H2. The summed E-state index contributed by atoms with van der Waals surface area (Å²) in [6.07, 6.45) is 2.71. The summed E-state index contributed by atoms with van der Waals surface area (Å²) in [5, 5.41) is 1.30. The molecule has 0 unspecified atom stereocenters. The van der Waals surface area contributed by atoms with Crippen LogP contribution in [0.25, 0.3) is 0 Å². The van der Waals surface area contributed by atoms with Crippen LogP contribution in [0.2, 0.25) is 15.2 Å². The molecule has 1 aromatic rings. The van der Waals surface area contributed by atoms with E-state index in [2.05, 4.69) is 14.8 Å². The predicted molar refractivity (Wildman–Crippen MR) is 76.1 cm³/mol. The molecule has 0 aromatic carbocycles. The molecule has 18 heavy (non-hydrogen) atoms. The Kier molecular flexibility index (Phi) is 3.59. The molecule has 0 bridgehead atoms. The van der Waals surface area contributed by atoms with Gasteiger partial charge in [0.15, 0.2) is 0 Å². The van der Waals surface area contributed by atoms with Gasteiger partial charge in [0, 0.05) is 32.2 Å². The monoisotopic (exact) mass is 305 g/mol. The average Bonchev–Trinajstić information content (AvgIpc) is 3.18. The third-order valence-electron chi connectivity index (χ3n) is 3.55. The van der Waals surface area contributed by atoms with E-state index in [1.807, 2.05) is 0 Å². The number of aromatic nitrogens is 1. The Labute approximate surface area is 122 Å². The molecule has 0 N–H and O–H groups in total. The molecule has 1 saturated carbocycles. The van der Waals surface area contributed by atoms with Gasteiger partial charge in [0.05, 0.1) is 10.0 Å². The minimum absolute atomic E-state index is 0.320. The van der Waals surface area contributed by atoms with E-state index >= 15 is 0 Å². The van der Waals surface area contributed by atoms with Crippen molar-refractivity contribution in [3.63, 3.8) is 0 Å². The second-order valence-corrected chi connectivity index (χ2v) is 5.99. The van der Waals surface area contributed by atoms with E-state index in [1.165, 1.54) is 12.8 Å². The summed E-state index contributed by atoms with van der Waals surface area (Å²) < 4.78 is 0. The molecule has 0 spiro atoms. The molecule has 1 aliphatic heterocycles. The lowest BCUT2D eigenvalue weighted by Gasteiger charge is -2.35. The van der Waals surface area contributed by atoms with Crippen molar-refractivity contribution in [3.05, 3.63) is 21.3 Å². The van der Waals surface area contributed by atoms with E-state index in [1.54, 1.807) is 6.07 Å². The molecule has 3 rings (SSSR count). The highest BCUT2D eigenvalue weighted by Gasteiger charge is 2.31. The van der Waals surface area contributed by atoms with Crippen LogP contribution in [0.4, 0.5) is 5.82 Å². The predicted octanol–water partition coefficient (Wildman–Crippen LogP) is 3.33. The van der Waals surface area contributed by atoms with Crippen LogP contribution in [0.15, 0.2) is 6.07 Å². The molecule has 3 nitrogen and oxygen atoms in total. The molecule has 98 valence electrons. The van der Waals surface area contributed by atoms with Crippen molar-refractivity contribution in [2.24, 2.45) is 0 Å². The third kappa shape index (κ3) is 2.55. The molecular formula is C12H14Cl3N3. The molecule has 2 fully saturated rings. The van der Waals surface area contributed by atoms with Gasteiger partial charge in [0.1, 0.15) is 11.0 Å². The fraction of sp³-hybridized carbons (Fsp3) is 0.583. The number of piperazine rings is 1. The van der Waals surface area contributed by atoms with Crippen molar-refractivity contribution >= 4 is 40.6 Å². The molecule has 2 heterocycles. The molecular weight excluding hydrogens is 293 g/mol.